The summed E-state index contributed by atoms with van der Waals surface area (Å²) in [6.45, 7) is 2.10. The number of nitrogens with zero attached hydrogens (tertiary/aromatic N) is 3. The molecule has 4 rings (SSSR count). The standard InChI is InChI=1S/C23H27N3O4/c1-30-19-10-8-17(9-11-19)20-7-4-14-25(20)23(27)18-12-15-24(16-13-18)21-5-2-3-6-22(21)26(28)29/h2-3,5-6,8-11,18,20H,4,7,12-16H2,1H3. The molecule has 2 heterocycles. The molecule has 0 spiro atoms. The first kappa shape index (κ1) is 20.2. The Labute approximate surface area is 176 Å². The number of likely N-dealkylation sites (tertiary alicyclic amines) is 1. The van der Waals surface area contributed by atoms with Crippen LogP contribution < -0.4 is 9.64 Å². The highest BCUT2D eigenvalue weighted by Gasteiger charge is 2.36. The second-order valence-corrected chi connectivity index (χ2v) is 7.97. The van der Waals surface area contributed by atoms with E-state index in [0.29, 0.717) is 18.8 Å². The van der Waals surface area contributed by atoms with Crippen molar-refractivity contribution in [2.24, 2.45) is 5.92 Å². The third kappa shape index (κ3) is 3.97. The highest BCUT2D eigenvalue weighted by molar-refractivity contribution is 5.80. The number of methoxy groups -OCH3 is 1. The molecular weight excluding hydrogens is 382 g/mol. The van der Waals surface area contributed by atoms with Crippen LogP contribution in [0.4, 0.5) is 11.4 Å². The maximum atomic E-state index is 13.3. The third-order valence-electron chi connectivity index (χ3n) is 6.30. The van der Waals surface area contributed by atoms with Gasteiger partial charge >= 0.3 is 0 Å². The maximum absolute atomic E-state index is 13.3. The van der Waals surface area contributed by atoms with E-state index in [4.69, 9.17) is 4.74 Å². The summed E-state index contributed by atoms with van der Waals surface area (Å²) in [6.07, 6.45) is 3.43. The Bertz CT molecular complexity index is 907. The van der Waals surface area contributed by atoms with Crippen LogP contribution in [0.2, 0.25) is 0 Å². The first-order chi connectivity index (χ1) is 14.6. The number of carbonyl (C=O) groups is 1. The van der Waals surface area contributed by atoms with E-state index in [9.17, 15) is 14.9 Å². The maximum Gasteiger partial charge on any atom is 0.292 e. The van der Waals surface area contributed by atoms with Gasteiger partial charge in [0, 0.05) is 31.6 Å². The van der Waals surface area contributed by atoms with Crippen molar-refractivity contribution in [1.29, 1.82) is 0 Å². The zero-order valence-electron chi connectivity index (χ0n) is 17.2. The van der Waals surface area contributed by atoms with Gasteiger partial charge in [0.1, 0.15) is 11.4 Å². The molecule has 2 aliphatic rings. The number of ether oxygens (including phenoxy) is 1. The molecule has 0 aliphatic carbocycles. The van der Waals surface area contributed by atoms with Crippen molar-refractivity contribution in [1.82, 2.24) is 4.90 Å². The molecule has 1 unspecified atom stereocenters. The Balaban J connectivity index is 1.42. The van der Waals surface area contributed by atoms with Crippen molar-refractivity contribution < 1.29 is 14.5 Å². The van der Waals surface area contributed by atoms with Gasteiger partial charge in [0.2, 0.25) is 5.91 Å². The van der Waals surface area contributed by atoms with Crippen molar-refractivity contribution in [3.63, 3.8) is 0 Å². The van der Waals surface area contributed by atoms with Gasteiger partial charge in [-0.15, -0.1) is 0 Å². The Kier molecular flexibility index (Phi) is 5.88. The molecule has 7 heteroatoms. The average Bonchev–Trinajstić information content (AvgIpc) is 3.28. The molecule has 2 aromatic carbocycles. The summed E-state index contributed by atoms with van der Waals surface area (Å²) in [5.41, 5.74) is 1.92. The Morgan fingerprint density at radius 1 is 1.03 bits per heavy atom. The largest absolute Gasteiger partial charge is 0.497 e. The molecule has 0 radical (unpaired) electrons. The molecule has 7 nitrogen and oxygen atoms in total. The second kappa shape index (κ2) is 8.73. The number of nitro benzene ring substituents is 1. The number of amides is 1. The Morgan fingerprint density at radius 3 is 2.40 bits per heavy atom. The lowest BCUT2D eigenvalue weighted by Gasteiger charge is -2.35. The van der Waals surface area contributed by atoms with Crippen LogP contribution in [0.25, 0.3) is 0 Å². The fourth-order valence-electron chi connectivity index (χ4n) is 4.69. The second-order valence-electron chi connectivity index (χ2n) is 7.97. The van der Waals surface area contributed by atoms with Crippen LogP contribution >= 0.6 is 0 Å². The van der Waals surface area contributed by atoms with Crippen LogP contribution in [0, 0.1) is 16.0 Å². The summed E-state index contributed by atoms with van der Waals surface area (Å²) < 4.78 is 5.24. The number of carbonyl (C=O) groups excluding carboxylic acids is 1. The van der Waals surface area contributed by atoms with E-state index in [-0.39, 0.29) is 28.5 Å². The molecular formula is C23H27N3O4. The number of hydrogen-bond acceptors (Lipinski definition) is 5. The average molecular weight is 409 g/mol. The summed E-state index contributed by atoms with van der Waals surface area (Å²) in [5, 5.41) is 11.3. The molecule has 1 amide bonds. The van der Waals surface area contributed by atoms with Crippen molar-refractivity contribution in [3.8, 4) is 5.75 Å². The normalized spacial score (nSPS) is 19.7. The molecule has 2 saturated heterocycles. The number of rotatable bonds is 5. The first-order valence-corrected chi connectivity index (χ1v) is 10.5. The molecule has 0 N–H and O–H groups in total. The Hall–Kier alpha value is -3.09. The van der Waals surface area contributed by atoms with E-state index < -0.39 is 0 Å². The topological polar surface area (TPSA) is 75.9 Å². The summed E-state index contributed by atoms with van der Waals surface area (Å²) in [5.74, 6) is 1.01. The van der Waals surface area contributed by atoms with Crippen LogP contribution in [-0.2, 0) is 4.79 Å². The zero-order valence-corrected chi connectivity index (χ0v) is 17.2. The number of benzene rings is 2. The SMILES string of the molecule is COc1ccc(C2CCCN2C(=O)C2CCN(c3ccccc3[N+](=O)[O-])CC2)cc1. The molecule has 2 fully saturated rings. The smallest absolute Gasteiger partial charge is 0.292 e. The highest BCUT2D eigenvalue weighted by Crippen LogP contribution is 2.36. The minimum atomic E-state index is -0.337. The van der Waals surface area contributed by atoms with Gasteiger partial charge in [-0.25, -0.2) is 0 Å². The molecule has 30 heavy (non-hydrogen) atoms. The number of piperidine rings is 1. The molecule has 0 bridgehead atoms. The summed E-state index contributed by atoms with van der Waals surface area (Å²) in [6, 6.07) is 14.9. The van der Waals surface area contributed by atoms with E-state index in [2.05, 4.69) is 0 Å². The van der Waals surface area contributed by atoms with Crippen LogP contribution in [0.3, 0.4) is 0 Å². The fourth-order valence-corrected chi connectivity index (χ4v) is 4.69. The van der Waals surface area contributed by atoms with Gasteiger partial charge in [-0.2, -0.15) is 0 Å². The van der Waals surface area contributed by atoms with E-state index in [0.717, 1.165) is 43.5 Å². The highest BCUT2D eigenvalue weighted by atomic mass is 16.6. The summed E-state index contributed by atoms with van der Waals surface area (Å²) in [4.78, 5) is 28.4. The summed E-state index contributed by atoms with van der Waals surface area (Å²) >= 11 is 0. The zero-order chi connectivity index (χ0) is 21.1. The van der Waals surface area contributed by atoms with Gasteiger partial charge in [0.25, 0.3) is 5.69 Å². The van der Waals surface area contributed by atoms with Gasteiger partial charge in [-0.3, -0.25) is 14.9 Å². The van der Waals surface area contributed by atoms with Crippen LogP contribution in [-0.4, -0.2) is 42.5 Å². The predicted octanol–water partition coefficient (Wildman–Crippen LogP) is 4.18. The molecule has 2 aromatic rings. The number of hydrogen-bond donors (Lipinski definition) is 0. The number of anilines is 1. The first-order valence-electron chi connectivity index (χ1n) is 10.5. The third-order valence-corrected chi connectivity index (χ3v) is 6.30. The fraction of sp³-hybridized carbons (Fsp3) is 0.435. The molecule has 2 aliphatic heterocycles. The van der Waals surface area contributed by atoms with Crippen LogP contribution in [0.15, 0.2) is 48.5 Å². The monoisotopic (exact) mass is 409 g/mol. The van der Waals surface area contributed by atoms with Crippen molar-refractivity contribution in [2.75, 3.05) is 31.6 Å². The lowest BCUT2D eigenvalue weighted by atomic mass is 9.93. The quantitative estimate of drug-likeness (QED) is 0.547. The predicted molar refractivity (Wildman–Crippen MR) is 115 cm³/mol. The van der Waals surface area contributed by atoms with Gasteiger partial charge in [0.15, 0.2) is 0 Å². The van der Waals surface area contributed by atoms with E-state index in [1.807, 2.05) is 40.1 Å². The van der Waals surface area contributed by atoms with E-state index in [1.54, 1.807) is 19.2 Å². The lowest BCUT2D eigenvalue weighted by molar-refractivity contribution is -0.384. The van der Waals surface area contributed by atoms with Gasteiger partial charge in [0.05, 0.1) is 18.1 Å². The number of para-hydroxylation sites is 2. The van der Waals surface area contributed by atoms with E-state index in [1.165, 1.54) is 6.07 Å². The lowest BCUT2D eigenvalue weighted by Crippen LogP contribution is -2.42. The minimum absolute atomic E-state index is 0.0251. The van der Waals surface area contributed by atoms with Crippen molar-refractivity contribution in [2.45, 2.75) is 31.7 Å². The van der Waals surface area contributed by atoms with Crippen molar-refractivity contribution in [3.05, 3.63) is 64.2 Å². The Morgan fingerprint density at radius 2 is 1.73 bits per heavy atom. The molecule has 0 aromatic heterocycles. The molecule has 158 valence electrons. The molecule has 0 saturated carbocycles. The number of nitro groups is 1. The summed E-state index contributed by atoms with van der Waals surface area (Å²) in [7, 11) is 1.65. The van der Waals surface area contributed by atoms with E-state index >= 15 is 0 Å². The van der Waals surface area contributed by atoms with Crippen LogP contribution in [0.5, 0.6) is 5.75 Å². The van der Waals surface area contributed by atoms with Gasteiger partial charge in [-0.1, -0.05) is 24.3 Å². The van der Waals surface area contributed by atoms with Gasteiger partial charge < -0.3 is 14.5 Å². The minimum Gasteiger partial charge on any atom is -0.497 e. The molecule has 1 atom stereocenters. The van der Waals surface area contributed by atoms with Gasteiger partial charge in [-0.05, 0) is 49.4 Å². The van der Waals surface area contributed by atoms with Crippen LogP contribution in [0.1, 0.15) is 37.3 Å². The van der Waals surface area contributed by atoms with Crippen molar-refractivity contribution >= 4 is 17.3 Å².